The lowest BCUT2D eigenvalue weighted by Gasteiger charge is -2.40. The van der Waals surface area contributed by atoms with Gasteiger partial charge in [-0.1, -0.05) is 162 Å². The summed E-state index contributed by atoms with van der Waals surface area (Å²) in [7, 11) is 0. The van der Waals surface area contributed by atoms with Crippen molar-refractivity contribution in [1.29, 1.82) is 0 Å². The number of nitrogens with one attached hydrogen (secondary N) is 1. The van der Waals surface area contributed by atoms with E-state index in [4.69, 9.17) is 9.47 Å². The van der Waals surface area contributed by atoms with Crippen molar-refractivity contribution >= 4 is 5.91 Å². The summed E-state index contributed by atoms with van der Waals surface area (Å²) in [5.74, 6) is -0.206. The van der Waals surface area contributed by atoms with E-state index >= 15 is 0 Å². The maximum absolute atomic E-state index is 12.8. The molecule has 0 aromatic carbocycles. The minimum absolute atomic E-state index is 0.204. The SMILES string of the molecule is CC/C=C\C/C=C\C/C=C\C/C=C\C/C=C\C/C=C\C/C=C\C/C=C\CCCCCCCCC(=O)NC(COC1OC(CO)C(O)C(O)C1O)C(O)/C=C/CCCCC. The Labute approximate surface area is 357 Å². The van der Waals surface area contributed by atoms with Gasteiger partial charge in [-0.25, -0.2) is 0 Å². The zero-order chi connectivity index (χ0) is 43.0. The van der Waals surface area contributed by atoms with E-state index in [1.807, 2.05) is 6.08 Å². The molecule has 0 aromatic heterocycles. The van der Waals surface area contributed by atoms with Crippen molar-refractivity contribution in [2.75, 3.05) is 13.2 Å². The quantitative estimate of drug-likeness (QED) is 0.0274. The van der Waals surface area contributed by atoms with Gasteiger partial charge >= 0.3 is 0 Å². The molecule has 0 bridgehead atoms. The molecule has 1 heterocycles. The zero-order valence-corrected chi connectivity index (χ0v) is 36.5. The highest BCUT2D eigenvalue weighted by Crippen LogP contribution is 2.22. The number of rotatable bonds is 35. The fourth-order valence-electron chi connectivity index (χ4n) is 6.23. The van der Waals surface area contributed by atoms with Gasteiger partial charge in [-0.3, -0.25) is 4.79 Å². The Kier molecular flexibility index (Phi) is 35.6. The van der Waals surface area contributed by atoms with Crippen molar-refractivity contribution in [2.24, 2.45) is 0 Å². The van der Waals surface area contributed by atoms with E-state index in [0.29, 0.717) is 6.42 Å². The van der Waals surface area contributed by atoms with Gasteiger partial charge in [-0.05, 0) is 83.5 Å². The summed E-state index contributed by atoms with van der Waals surface area (Å²) in [6.45, 7) is 3.50. The second kappa shape index (κ2) is 39.0. The average Bonchev–Trinajstić information content (AvgIpc) is 3.23. The van der Waals surface area contributed by atoms with Crippen LogP contribution < -0.4 is 5.32 Å². The number of carbonyl (C=O) groups excluding carboxylic acids is 1. The smallest absolute Gasteiger partial charge is 0.220 e. The summed E-state index contributed by atoms with van der Waals surface area (Å²) in [5, 5.41) is 53.6. The maximum Gasteiger partial charge on any atom is 0.220 e. The van der Waals surface area contributed by atoms with Gasteiger partial charge in [0.15, 0.2) is 6.29 Å². The number of aliphatic hydroxyl groups excluding tert-OH is 5. The van der Waals surface area contributed by atoms with Gasteiger partial charge in [0.05, 0.1) is 25.4 Å². The van der Waals surface area contributed by atoms with Gasteiger partial charge in [0, 0.05) is 6.42 Å². The molecule has 7 unspecified atom stereocenters. The lowest BCUT2D eigenvalue weighted by molar-refractivity contribution is -0.302. The highest BCUT2D eigenvalue weighted by Gasteiger charge is 2.44. The first kappa shape index (κ1) is 53.9. The lowest BCUT2D eigenvalue weighted by Crippen LogP contribution is -2.60. The molecule has 0 spiro atoms. The number of carbonyl (C=O) groups is 1. The molecule has 1 amide bonds. The number of hydrogen-bond acceptors (Lipinski definition) is 8. The van der Waals surface area contributed by atoms with Crippen LogP contribution in [0.2, 0.25) is 0 Å². The molecule has 334 valence electrons. The predicted octanol–water partition coefficient (Wildman–Crippen LogP) is 9.50. The minimum atomic E-state index is -1.57. The molecule has 9 heteroatoms. The third-order valence-corrected chi connectivity index (χ3v) is 9.85. The van der Waals surface area contributed by atoms with Crippen LogP contribution in [-0.4, -0.2) is 87.5 Å². The van der Waals surface area contributed by atoms with Crippen LogP contribution in [0.5, 0.6) is 0 Å². The van der Waals surface area contributed by atoms with E-state index in [1.165, 1.54) is 0 Å². The van der Waals surface area contributed by atoms with Crippen LogP contribution in [0.1, 0.15) is 142 Å². The van der Waals surface area contributed by atoms with Crippen LogP contribution in [0.15, 0.2) is 109 Å². The normalized spacial score (nSPS) is 21.8. The number of allylic oxidation sites excluding steroid dienone is 17. The first-order valence-corrected chi connectivity index (χ1v) is 22.6. The number of unbranched alkanes of at least 4 members (excludes halogenated alkanes) is 9. The van der Waals surface area contributed by atoms with E-state index in [0.717, 1.165) is 122 Å². The van der Waals surface area contributed by atoms with Crippen LogP contribution in [0, 0.1) is 0 Å². The van der Waals surface area contributed by atoms with Gasteiger partial charge in [0.1, 0.15) is 24.4 Å². The maximum atomic E-state index is 12.8. The summed E-state index contributed by atoms with van der Waals surface area (Å²) in [4.78, 5) is 12.8. The number of amides is 1. The van der Waals surface area contributed by atoms with Crippen molar-refractivity contribution in [3.8, 4) is 0 Å². The van der Waals surface area contributed by atoms with Crippen LogP contribution in [-0.2, 0) is 14.3 Å². The van der Waals surface area contributed by atoms with E-state index in [2.05, 4.69) is 116 Å². The molecular weight excluding hydrogens is 743 g/mol. The third kappa shape index (κ3) is 29.7. The highest BCUT2D eigenvalue weighted by molar-refractivity contribution is 5.76. The van der Waals surface area contributed by atoms with Gasteiger partial charge in [0.2, 0.25) is 5.91 Å². The number of ether oxygens (including phenoxy) is 2. The Hall–Kier alpha value is -3.15. The Balaban J connectivity index is 2.17. The molecule has 6 N–H and O–H groups in total. The number of aliphatic hydroxyl groups is 5. The van der Waals surface area contributed by atoms with E-state index in [9.17, 15) is 30.3 Å². The van der Waals surface area contributed by atoms with Crippen molar-refractivity contribution < 1.29 is 39.8 Å². The largest absolute Gasteiger partial charge is 0.394 e. The van der Waals surface area contributed by atoms with Gasteiger partial charge in [-0.2, -0.15) is 0 Å². The molecule has 7 atom stereocenters. The van der Waals surface area contributed by atoms with Crippen molar-refractivity contribution in [1.82, 2.24) is 5.32 Å². The summed E-state index contributed by atoms with van der Waals surface area (Å²) in [6.07, 6.45) is 50.5. The topological polar surface area (TPSA) is 149 Å². The Bertz CT molecular complexity index is 1280. The van der Waals surface area contributed by atoms with Crippen molar-refractivity contribution in [2.45, 2.75) is 185 Å². The van der Waals surface area contributed by atoms with E-state index in [-0.39, 0.29) is 12.5 Å². The lowest BCUT2D eigenvalue weighted by atomic mass is 9.99. The van der Waals surface area contributed by atoms with Crippen LogP contribution in [0.3, 0.4) is 0 Å². The highest BCUT2D eigenvalue weighted by atomic mass is 16.7. The Morgan fingerprint density at radius 2 is 1.05 bits per heavy atom. The second-order valence-electron chi connectivity index (χ2n) is 15.1. The minimum Gasteiger partial charge on any atom is -0.394 e. The first-order chi connectivity index (χ1) is 28.8. The van der Waals surface area contributed by atoms with Gasteiger partial charge in [-0.15, -0.1) is 0 Å². The number of hydrogen-bond donors (Lipinski definition) is 6. The standard InChI is InChI=1S/C50H81NO8/c1-3-5-7-9-10-11-12-13-14-15-16-17-18-19-20-21-22-23-24-25-26-27-28-29-30-31-32-33-34-36-38-40-46(54)51-43(44(53)39-37-35-8-6-4-2)42-58-50-49(57)48(56)47(55)45(41-52)59-50/h5,7,10-11,13-14,16-17,19-20,22-23,25-26,28-29,37,39,43-45,47-50,52-53,55-57H,3-4,6,8-9,12,15,18,21,24,27,30-36,38,40-42H2,1-2H3,(H,51,54)/b7-5-,11-10-,14-13-,17-16-,20-19-,23-22-,26-25-,29-28-,39-37+. The monoisotopic (exact) mass is 824 g/mol. The fourth-order valence-corrected chi connectivity index (χ4v) is 6.23. The zero-order valence-electron chi connectivity index (χ0n) is 36.5. The second-order valence-corrected chi connectivity index (χ2v) is 15.1. The molecule has 1 rings (SSSR count). The van der Waals surface area contributed by atoms with Crippen LogP contribution in [0.25, 0.3) is 0 Å². The molecule has 1 aliphatic rings. The van der Waals surface area contributed by atoms with Gasteiger partial charge in [0.25, 0.3) is 0 Å². The first-order valence-electron chi connectivity index (χ1n) is 22.6. The summed E-state index contributed by atoms with van der Waals surface area (Å²) in [5.41, 5.74) is 0. The van der Waals surface area contributed by atoms with Crippen molar-refractivity contribution in [3.63, 3.8) is 0 Å². The molecule has 1 fully saturated rings. The van der Waals surface area contributed by atoms with E-state index in [1.54, 1.807) is 6.08 Å². The van der Waals surface area contributed by atoms with E-state index < -0.39 is 49.5 Å². The Morgan fingerprint density at radius 1 is 0.593 bits per heavy atom. The predicted molar refractivity (Wildman–Crippen MR) is 244 cm³/mol. The molecule has 0 radical (unpaired) electrons. The summed E-state index contributed by atoms with van der Waals surface area (Å²) in [6, 6.07) is -0.816. The molecule has 0 saturated carbocycles. The Morgan fingerprint density at radius 3 is 1.56 bits per heavy atom. The van der Waals surface area contributed by atoms with Crippen LogP contribution in [0.4, 0.5) is 0 Å². The van der Waals surface area contributed by atoms with Crippen molar-refractivity contribution in [3.05, 3.63) is 109 Å². The fraction of sp³-hybridized carbons (Fsp3) is 0.620. The molecule has 59 heavy (non-hydrogen) atoms. The molecule has 0 aliphatic carbocycles. The molecule has 1 saturated heterocycles. The summed E-state index contributed by atoms with van der Waals surface area (Å²) >= 11 is 0. The van der Waals surface area contributed by atoms with Gasteiger partial charge < -0.3 is 40.3 Å². The molecule has 1 aliphatic heterocycles. The van der Waals surface area contributed by atoms with Crippen LogP contribution >= 0.6 is 0 Å². The molecule has 0 aromatic rings. The summed E-state index contributed by atoms with van der Waals surface area (Å²) < 4.78 is 11.1. The third-order valence-electron chi connectivity index (χ3n) is 9.85. The molecule has 9 nitrogen and oxygen atoms in total. The molecular formula is C50H81NO8. The average molecular weight is 824 g/mol.